The largest absolute Gasteiger partial charge is 0.325 e. The van der Waals surface area contributed by atoms with Crippen molar-refractivity contribution in [2.24, 2.45) is 0 Å². The quantitative estimate of drug-likeness (QED) is 0.759. The fourth-order valence-electron chi connectivity index (χ4n) is 2.13. The van der Waals surface area contributed by atoms with Crippen molar-refractivity contribution in [2.75, 3.05) is 18.9 Å². The Kier molecular flexibility index (Phi) is 6.53. The van der Waals surface area contributed by atoms with Crippen molar-refractivity contribution in [2.45, 2.75) is 17.7 Å². The zero-order valence-electron chi connectivity index (χ0n) is 13.3. The summed E-state index contributed by atoms with van der Waals surface area (Å²) in [6.07, 6.45) is 0.689. The number of hydrogen-bond acceptors (Lipinski definition) is 3. The van der Waals surface area contributed by atoms with E-state index in [0.717, 1.165) is 4.47 Å². The summed E-state index contributed by atoms with van der Waals surface area (Å²) in [5.74, 6) is -0.146. The van der Waals surface area contributed by atoms with Gasteiger partial charge < -0.3 is 5.32 Å². The smallest absolute Gasteiger partial charge is 0.242 e. The molecular formula is C17H19BrN2O3S. The Morgan fingerprint density at radius 1 is 1.08 bits per heavy atom. The minimum atomic E-state index is -3.51. The summed E-state index contributed by atoms with van der Waals surface area (Å²) in [6.45, 7) is 0.278. The molecule has 2 rings (SSSR count). The average Bonchev–Trinajstić information content (AvgIpc) is 2.57. The lowest BCUT2D eigenvalue weighted by Crippen LogP contribution is -2.28. The van der Waals surface area contributed by atoms with Crippen LogP contribution in [0.15, 0.2) is 64.0 Å². The average molecular weight is 411 g/mol. The second-order valence-corrected chi connectivity index (χ2v) is 8.17. The van der Waals surface area contributed by atoms with Gasteiger partial charge in [0, 0.05) is 24.5 Å². The standard InChI is InChI=1S/C17H19BrN2O3S/c1-20(24(22,23)14-8-3-2-4-9-14)13-7-12-17(21)19-16-11-6-5-10-15(16)18/h2-6,8-11H,7,12-13H2,1H3,(H,19,21). The van der Waals surface area contributed by atoms with E-state index in [-0.39, 0.29) is 23.8 Å². The Morgan fingerprint density at radius 3 is 2.38 bits per heavy atom. The van der Waals surface area contributed by atoms with Gasteiger partial charge in [-0.25, -0.2) is 12.7 Å². The van der Waals surface area contributed by atoms with Crippen molar-refractivity contribution in [1.82, 2.24) is 4.31 Å². The number of nitrogens with one attached hydrogen (secondary N) is 1. The molecule has 0 bridgehead atoms. The molecule has 0 radical (unpaired) electrons. The number of para-hydroxylation sites is 1. The van der Waals surface area contributed by atoms with Crippen molar-refractivity contribution >= 4 is 37.5 Å². The molecule has 0 heterocycles. The number of anilines is 1. The molecule has 0 aliphatic carbocycles. The van der Waals surface area contributed by atoms with Crippen molar-refractivity contribution in [1.29, 1.82) is 0 Å². The second kappa shape index (κ2) is 8.41. The molecule has 2 aromatic rings. The van der Waals surface area contributed by atoms with Gasteiger partial charge in [-0.2, -0.15) is 0 Å². The molecule has 24 heavy (non-hydrogen) atoms. The molecule has 128 valence electrons. The van der Waals surface area contributed by atoms with Crippen molar-refractivity contribution in [3.63, 3.8) is 0 Å². The molecule has 5 nitrogen and oxygen atoms in total. The lowest BCUT2D eigenvalue weighted by atomic mass is 10.2. The highest BCUT2D eigenvalue weighted by Gasteiger charge is 2.20. The number of sulfonamides is 1. The number of nitrogens with zero attached hydrogens (tertiary/aromatic N) is 1. The number of halogens is 1. The Bertz CT molecular complexity index is 794. The Balaban J connectivity index is 1.85. The highest BCUT2D eigenvalue weighted by atomic mass is 79.9. The van der Waals surface area contributed by atoms with Crippen LogP contribution in [-0.4, -0.2) is 32.2 Å². The Morgan fingerprint density at radius 2 is 1.71 bits per heavy atom. The number of rotatable bonds is 7. The van der Waals surface area contributed by atoms with Crippen LogP contribution in [0, 0.1) is 0 Å². The molecule has 1 amide bonds. The summed E-state index contributed by atoms with van der Waals surface area (Å²) in [5.41, 5.74) is 0.702. The van der Waals surface area contributed by atoms with Crippen LogP contribution >= 0.6 is 15.9 Å². The van der Waals surface area contributed by atoms with Gasteiger partial charge in [0.1, 0.15) is 0 Å². The van der Waals surface area contributed by atoms with Gasteiger partial charge >= 0.3 is 0 Å². The number of carbonyl (C=O) groups excluding carboxylic acids is 1. The molecule has 7 heteroatoms. The van der Waals surface area contributed by atoms with E-state index < -0.39 is 10.0 Å². The topological polar surface area (TPSA) is 66.5 Å². The first-order valence-corrected chi connectivity index (χ1v) is 9.70. The molecule has 0 spiro atoms. The van der Waals surface area contributed by atoms with Gasteiger partial charge in [-0.05, 0) is 46.6 Å². The monoisotopic (exact) mass is 410 g/mol. The van der Waals surface area contributed by atoms with E-state index in [1.807, 2.05) is 18.2 Å². The van der Waals surface area contributed by atoms with Gasteiger partial charge in [-0.3, -0.25) is 4.79 Å². The molecule has 0 aliphatic heterocycles. The van der Waals surface area contributed by atoms with E-state index in [4.69, 9.17) is 0 Å². The van der Waals surface area contributed by atoms with Crippen molar-refractivity contribution in [3.05, 3.63) is 59.1 Å². The predicted molar refractivity (Wildman–Crippen MR) is 98.3 cm³/mol. The molecule has 0 saturated carbocycles. The Hall–Kier alpha value is -1.70. The summed E-state index contributed by atoms with van der Waals surface area (Å²) in [6, 6.07) is 15.6. The highest BCUT2D eigenvalue weighted by molar-refractivity contribution is 9.10. The van der Waals surface area contributed by atoms with Crippen LogP contribution in [0.25, 0.3) is 0 Å². The summed E-state index contributed by atoms with van der Waals surface area (Å²) in [5, 5.41) is 2.80. The third-order valence-corrected chi connectivity index (χ3v) is 6.04. The van der Waals surface area contributed by atoms with Crippen molar-refractivity contribution < 1.29 is 13.2 Å². The molecule has 0 unspecified atom stereocenters. The van der Waals surface area contributed by atoms with Crippen LogP contribution in [0.1, 0.15) is 12.8 Å². The zero-order chi connectivity index (χ0) is 17.6. The minimum Gasteiger partial charge on any atom is -0.325 e. The third kappa shape index (κ3) is 4.90. The van der Waals surface area contributed by atoms with Crippen LogP contribution in [0.4, 0.5) is 5.69 Å². The van der Waals surface area contributed by atoms with Gasteiger partial charge in [0.25, 0.3) is 0 Å². The summed E-state index contributed by atoms with van der Waals surface area (Å²) >= 11 is 3.37. The van der Waals surface area contributed by atoms with Gasteiger partial charge in [0.15, 0.2) is 0 Å². The van der Waals surface area contributed by atoms with Crippen LogP contribution in [0.2, 0.25) is 0 Å². The molecule has 2 aromatic carbocycles. The Labute approximate surface area is 150 Å². The van der Waals surface area contributed by atoms with Crippen LogP contribution < -0.4 is 5.32 Å². The van der Waals surface area contributed by atoms with Crippen LogP contribution in [0.5, 0.6) is 0 Å². The van der Waals surface area contributed by atoms with Crippen LogP contribution in [0.3, 0.4) is 0 Å². The first kappa shape index (κ1) is 18.6. The molecule has 0 fully saturated rings. The summed E-state index contributed by atoms with van der Waals surface area (Å²) < 4.78 is 26.8. The summed E-state index contributed by atoms with van der Waals surface area (Å²) in [7, 11) is -1.99. The maximum Gasteiger partial charge on any atom is 0.242 e. The summed E-state index contributed by atoms with van der Waals surface area (Å²) in [4.78, 5) is 12.2. The molecule has 0 atom stereocenters. The maximum atomic E-state index is 12.4. The SMILES string of the molecule is CN(CCCC(=O)Nc1ccccc1Br)S(=O)(=O)c1ccccc1. The third-order valence-electron chi connectivity index (χ3n) is 3.48. The van der Waals surface area contributed by atoms with Gasteiger partial charge in [-0.1, -0.05) is 30.3 Å². The molecule has 1 N–H and O–H groups in total. The van der Waals surface area contributed by atoms with Gasteiger partial charge in [0.2, 0.25) is 15.9 Å². The first-order chi connectivity index (χ1) is 11.4. The zero-order valence-corrected chi connectivity index (χ0v) is 15.7. The van der Waals surface area contributed by atoms with Crippen molar-refractivity contribution in [3.8, 4) is 0 Å². The van der Waals surface area contributed by atoms with E-state index in [0.29, 0.717) is 12.1 Å². The van der Waals surface area contributed by atoms with E-state index in [9.17, 15) is 13.2 Å². The van der Waals surface area contributed by atoms with E-state index in [1.165, 1.54) is 11.4 Å². The van der Waals surface area contributed by atoms with Gasteiger partial charge in [-0.15, -0.1) is 0 Å². The number of carbonyl (C=O) groups is 1. The number of hydrogen-bond donors (Lipinski definition) is 1. The molecule has 0 saturated heterocycles. The minimum absolute atomic E-state index is 0.146. The normalized spacial score (nSPS) is 11.5. The maximum absolute atomic E-state index is 12.4. The van der Waals surface area contributed by atoms with E-state index in [1.54, 1.807) is 36.4 Å². The van der Waals surface area contributed by atoms with E-state index in [2.05, 4.69) is 21.2 Å². The van der Waals surface area contributed by atoms with E-state index >= 15 is 0 Å². The molecular weight excluding hydrogens is 392 g/mol. The number of benzene rings is 2. The molecule has 0 aromatic heterocycles. The predicted octanol–water partition coefficient (Wildman–Crippen LogP) is 3.49. The van der Waals surface area contributed by atoms with Crippen LogP contribution in [-0.2, 0) is 14.8 Å². The first-order valence-electron chi connectivity index (χ1n) is 7.47. The number of amides is 1. The fraction of sp³-hybridized carbons (Fsp3) is 0.235. The molecule has 0 aliphatic rings. The highest BCUT2D eigenvalue weighted by Crippen LogP contribution is 2.21. The lowest BCUT2D eigenvalue weighted by molar-refractivity contribution is -0.116. The lowest BCUT2D eigenvalue weighted by Gasteiger charge is -2.17. The fourth-order valence-corrected chi connectivity index (χ4v) is 3.74. The second-order valence-electron chi connectivity index (χ2n) is 5.27. The van der Waals surface area contributed by atoms with Gasteiger partial charge in [0.05, 0.1) is 10.6 Å².